The average molecular weight is 343 g/mol. The van der Waals surface area contributed by atoms with Crippen molar-refractivity contribution in [3.05, 3.63) is 28.7 Å². The van der Waals surface area contributed by atoms with E-state index in [9.17, 15) is 0 Å². The van der Waals surface area contributed by atoms with Crippen molar-refractivity contribution in [3.63, 3.8) is 0 Å². The molecule has 1 rings (SSSR count). The molecule has 20 heavy (non-hydrogen) atoms. The maximum Gasteiger partial charge on any atom is 0.0589 e. The predicted molar refractivity (Wildman–Crippen MR) is 90.5 cm³/mol. The monoisotopic (exact) mass is 342 g/mol. The number of anilines is 1. The van der Waals surface area contributed by atoms with Gasteiger partial charge >= 0.3 is 0 Å². The minimum absolute atomic E-state index is 0.645. The largest absolute Gasteiger partial charge is 0.383 e. The highest BCUT2D eigenvalue weighted by atomic mass is 79.9. The van der Waals surface area contributed by atoms with Crippen LogP contribution in [-0.2, 0) is 4.74 Å². The van der Waals surface area contributed by atoms with Gasteiger partial charge in [-0.05, 0) is 40.9 Å². The quantitative estimate of drug-likeness (QED) is 0.695. The fourth-order valence-corrected chi connectivity index (χ4v) is 2.85. The van der Waals surface area contributed by atoms with Crippen molar-refractivity contribution in [2.75, 3.05) is 38.7 Å². The first kappa shape index (κ1) is 17.5. The van der Waals surface area contributed by atoms with E-state index in [4.69, 9.17) is 4.74 Å². The predicted octanol–water partition coefficient (Wildman–Crippen LogP) is 4.00. The fraction of sp³-hybridized carbons (Fsp3) is 0.625. The maximum atomic E-state index is 5.23. The van der Waals surface area contributed by atoms with E-state index in [1.165, 1.54) is 12.8 Å². The normalized spacial score (nSPS) is 11.3. The molecule has 0 saturated carbocycles. The molecular weight excluding hydrogens is 316 g/mol. The number of para-hydroxylation sites is 1. The standard InChI is InChI=1S/C16H27BrN2O/c1-4-14(5-2)19(12-13-20-3)11-10-18-16-9-7-6-8-15(16)17/h6-9,14,18H,4-5,10-13H2,1-3H3. The van der Waals surface area contributed by atoms with Crippen molar-refractivity contribution < 1.29 is 4.74 Å². The van der Waals surface area contributed by atoms with Gasteiger partial charge in [-0.15, -0.1) is 0 Å². The molecule has 0 amide bonds. The fourth-order valence-electron chi connectivity index (χ4n) is 2.43. The number of rotatable bonds is 10. The Labute approximate surface area is 131 Å². The molecule has 0 saturated heterocycles. The van der Waals surface area contributed by atoms with Crippen molar-refractivity contribution in [3.8, 4) is 0 Å². The molecule has 3 nitrogen and oxygen atoms in total. The van der Waals surface area contributed by atoms with Gasteiger partial charge < -0.3 is 10.1 Å². The Balaban J connectivity index is 2.47. The molecule has 114 valence electrons. The zero-order valence-electron chi connectivity index (χ0n) is 12.9. The van der Waals surface area contributed by atoms with Gasteiger partial charge in [0.25, 0.3) is 0 Å². The van der Waals surface area contributed by atoms with Crippen LogP contribution in [0, 0.1) is 0 Å². The van der Waals surface area contributed by atoms with Crippen LogP contribution in [0.15, 0.2) is 28.7 Å². The summed E-state index contributed by atoms with van der Waals surface area (Å²) in [6.45, 7) is 8.30. The SMILES string of the molecule is CCC(CC)N(CCNc1ccccc1Br)CCOC. The molecular formula is C16H27BrN2O. The van der Waals surface area contributed by atoms with Crippen LogP contribution < -0.4 is 5.32 Å². The third kappa shape index (κ3) is 5.81. The van der Waals surface area contributed by atoms with Gasteiger partial charge in [0.05, 0.1) is 6.61 Å². The summed E-state index contributed by atoms with van der Waals surface area (Å²) in [7, 11) is 1.77. The van der Waals surface area contributed by atoms with E-state index in [1.54, 1.807) is 7.11 Å². The van der Waals surface area contributed by atoms with Gasteiger partial charge in [-0.25, -0.2) is 0 Å². The van der Waals surface area contributed by atoms with E-state index in [1.807, 2.05) is 6.07 Å². The summed E-state index contributed by atoms with van der Waals surface area (Å²) in [4.78, 5) is 2.52. The summed E-state index contributed by atoms with van der Waals surface area (Å²) in [6, 6.07) is 8.89. The summed E-state index contributed by atoms with van der Waals surface area (Å²) >= 11 is 3.57. The first-order valence-corrected chi connectivity index (χ1v) is 8.23. The molecule has 0 heterocycles. The lowest BCUT2D eigenvalue weighted by Gasteiger charge is -2.30. The minimum Gasteiger partial charge on any atom is -0.383 e. The Bertz CT molecular complexity index is 369. The van der Waals surface area contributed by atoms with Crippen molar-refractivity contribution in [1.82, 2.24) is 4.90 Å². The molecule has 1 aromatic carbocycles. The summed E-state index contributed by atoms with van der Waals surface area (Å²) in [5, 5.41) is 3.49. The lowest BCUT2D eigenvalue weighted by Crippen LogP contribution is -2.40. The van der Waals surface area contributed by atoms with Crippen molar-refractivity contribution in [2.24, 2.45) is 0 Å². The van der Waals surface area contributed by atoms with Gasteiger partial charge in [-0.2, -0.15) is 0 Å². The molecule has 1 aromatic rings. The van der Waals surface area contributed by atoms with E-state index in [2.05, 4.69) is 58.2 Å². The summed E-state index contributed by atoms with van der Waals surface area (Å²) < 4.78 is 6.34. The highest BCUT2D eigenvalue weighted by molar-refractivity contribution is 9.10. The smallest absolute Gasteiger partial charge is 0.0589 e. The zero-order valence-corrected chi connectivity index (χ0v) is 14.4. The van der Waals surface area contributed by atoms with Crippen molar-refractivity contribution >= 4 is 21.6 Å². The topological polar surface area (TPSA) is 24.5 Å². The van der Waals surface area contributed by atoms with Gasteiger partial charge in [0.1, 0.15) is 0 Å². The van der Waals surface area contributed by atoms with Crippen LogP contribution in [0.2, 0.25) is 0 Å². The number of methoxy groups -OCH3 is 1. The van der Waals surface area contributed by atoms with Gasteiger partial charge in [0, 0.05) is 42.9 Å². The number of benzene rings is 1. The van der Waals surface area contributed by atoms with Crippen molar-refractivity contribution in [2.45, 2.75) is 32.7 Å². The highest BCUT2D eigenvalue weighted by Crippen LogP contribution is 2.20. The lowest BCUT2D eigenvalue weighted by molar-refractivity contribution is 0.118. The first-order chi connectivity index (χ1) is 9.72. The molecule has 0 aliphatic carbocycles. The number of ether oxygens (including phenoxy) is 1. The van der Waals surface area contributed by atoms with Crippen LogP contribution in [0.3, 0.4) is 0 Å². The second-order valence-corrected chi connectivity index (χ2v) is 5.76. The second kappa shape index (κ2) is 10.2. The average Bonchev–Trinajstić information content (AvgIpc) is 2.47. The van der Waals surface area contributed by atoms with Crippen LogP contribution >= 0.6 is 15.9 Å². The van der Waals surface area contributed by atoms with Crippen LogP contribution in [-0.4, -0.2) is 44.3 Å². The van der Waals surface area contributed by atoms with E-state index < -0.39 is 0 Å². The maximum absolute atomic E-state index is 5.23. The van der Waals surface area contributed by atoms with Gasteiger partial charge in [0.15, 0.2) is 0 Å². The van der Waals surface area contributed by atoms with Crippen molar-refractivity contribution in [1.29, 1.82) is 0 Å². The molecule has 4 heteroatoms. The Morgan fingerprint density at radius 3 is 2.50 bits per heavy atom. The Hall–Kier alpha value is -0.580. The first-order valence-electron chi connectivity index (χ1n) is 7.44. The summed E-state index contributed by atoms with van der Waals surface area (Å²) in [5.74, 6) is 0. The number of hydrogen-bond donors (Lipinski definition) is 1. The molecule has 0 atom stereocenters. The molecule has 0 bridgehead atoms. The molecule has 1 N–H and O–H groups in total. The molecule has 0 aliphatic heterocycles. The summed E-state index contributed by atoms with van der Waals surface area (Å²) in [5.41, 5.74) is 1.16. The lowest BCUT2D eigenvalue weighted by atomic mass is 10.1. The number of nitrogens with zero attached hydrogens (tertiary/aromatic N) is 1. The van der Waals surface area contributed by atoms with E-state index in [0.717, 1.165) is 36.4 Å². The van der Waals surface area contributed by atoms with Gasteiger partial charge in [0.2, 0.25) is 0 Å². The van der Waals surface area contributed by atoms with E-state index in [-0.39, 0.29) is 0 Å². The van der Waals surface area contributed by atoms with E-state index >= 15 is 0 Å². The number of halogens is 1. The van der Waals surface area contributed by atoms with Crippen LogP contribution in [0.5, 0.6) is 0 Å². The van der Waals surface area contributed by atoms with Gasteiger partial charge in [-0.3, -0.25) is 4.90 Å². The third-order valence-corrected chi connectivity index (χ3v) is 4.32. The molecule has 0 fully saturated rings. The second-order valence-electron chi connectivity index (χ2n) is 4.91. The highest BCUT2D eigenvalue weighted by Gasteiger charge is 2.14. The molecule has 0 aromatic heterocycles. The molecule has 0 radical (unpaired) electrons. The minimum atomic E-state index is 0.645. The number of nitrogens with one attached hydrogen (secondary N) is 1. The van der Waals surface area contributed by atoms with Crippen LogP contribution in [0.4, 0.5) is 5.69 Å². The molecule has 0 unspecified atom stereocenters. The Morgan fingerprint density at radius 2 is 1.90 bits per heavy atom. The zero-order chi connectivity index (χ0) is 14.8. The molecule has 0 aliphatic rings. The van der Waals surface area contributed by atoms with Crippen LogP contribution in [0.1, 0.15) is 26.7 Å². The van der Waals surface area contributed by atoms with Crippen LogP contribution in [0.25, 0.3) is 0 Å². The van der Waals surface area contributed by atoms with Gasteiger partial charge in [-0.1, -0.05) is 26.0 Å². The van der Waals surface area contributed by atoms with E-state index in [0.29, 0.717) is 6.04 Å². The Morgan fingerprint density at radius 1 is 1.20 bits per heavy atom. The summed E-state index contributed by atoms with van der Waals surface area (Å²) in [6.07, 6.45) is 2.38. The third-order valence-electron chi connectivity index (χ3n) is 3.63. The Kier molecular flexibility index (Phi) is 8.90. The number of hydrogen-bond acceptors (Lipinski definition) is 3. The molecule has 0 spiro atoms.